The smallest absolute Gasteiger partial charge is 0.345 e. The summed E-state index contributed by atoms with van der Waals surface area (Å²) in [5, 5.41) is 0. The van der Waals surface area contributed by atoms with Gasteiger partial charge in [-0.05, 0) is 65.8 Å². The summed E-state index contributed by atoms with van der Waals surface area (Å²) < 4.78 is 17.4. The zero-order valence-corrected chi connectivity index (χ0v) is 17.4. The van der Waals surface area contributed by atoms with E-state index < -0.39 is 11.8 Å². The number of esters is 1. The van der Waals surface area contributed by atoms with E-state index in [4.69, 9.17) is 14.2 Å². The number of Topliss-reactive ketones (excluding diaryl/α,β-unsaturated/α-hetero) is 1. The van der Waals surface area contributed by atoms with E-state index in [1.54, 1.807) is 27.0 Å². The first-order valence-electron chi connectivity index (χ1n) is 8.09. The fraction of sp³-hybridized carbons (Fsp3) is 0.300. The number of rotatable bonds is 3. The molecule has 0 N–H and O–H groups in total. The van der Waals surface area contributed by atoms with E-state index in [1.807, 2.05) is 25.1 Å². The third kappa shape index (κ3) is 3.18. The highest BCUT2D eigenvalue weighted by atomic mass is 127. The minimum absolute atomic E-state index is 0.164. The van der Waals surface area contributed by atoms with Crippen molar-refractivity contribution in [3.05, 3.63) is 44.5 Å². The molecule has 136 valence electrons. The van der Waals surface area contributed by atoms with Gasteiger partial charge in [-0.3, -0.25) is 4.79 Å². The van der Waals surface area contributed by atoms with Crippen LogP contribution in [0.4, 0.5) is 0 Å². The molecule has 2 aromatic carbocycles. The van der Waals surface area contributed by atoms with E-state index in [2.05, 4.69) is 22.6 Å². The number of cyclic esters (lactones) is 1. The molecule has 0 radical (unpaired) electrons. The van der Waals surface area contributed by atoms with E-state index >= 15 is 0 Å². The van der Waals surface area contributed by atoms with E-state index in [1.165, 1.54) is 6.92 Å². The molecule has 0 unspecified atom stereocenters. The Kier molecular flexibility index (Phi) is 4.72. The molecule has 1 heterocycles. The quantitative estimate of drug-likeness (QED) is 0.371. The molecule has 5 nitrogen and oxygen atoms in total. The van der Waals surface area contributed by atoms with Crippen molar-refractivity contribution in [1.82, 2.24) is 0 Å². The summed E-state index contributed by atoms with van der Waals surface area (Å²) in [6.45, 7) is 6.69. The lowest BCUT2D eigenvalue weighted by atomic mass is 9.91. The van der Waals surface area contributed by atoms with Crippen molar-refractivity contribution in [2.75, 3.05) is 7.11 Å². The molecule has 0 aromatic heterocycles. The van der Waals surface area contributed by atoms with Crippen LogP contribution in [0.1, 0.15) is 47.1 Å². The average molecular weight is 466 g/mol. The number of carbonyl (C=O) groups excluding carboxylic acids is 2. The topological polar surface area (TPSA) is 61.8 Å². The molecule has 0 saturated heterocycles. The number of halogens is 1. The summed E-state index contributed by atoms with van der Waals surface area (Å²) in [6, 6.07) is 7.39. The van der Waals surface area contributed by atoms with Gasteiger partial charge in [-0.15, -0.1) is 0 Å². The van der Waals surface area contributed by atoms with Crippen molar-refractivity contribution < 1.29 is 23.8 Å². The standard InChI is InChI=1S/C20H19IO5/c1-10-8-12(24-5)6-7-13(10)16-15(21)9-14(11(2)22)18-17(16)19(23)26-20(3,4)25-18/h6-9H,1-5H3. The van der Waals surface area contributed by atoms with Crippen molar-refractivity contribution in [3.63, 3.8) is 0 Å². The Labute approximate surface area is 165 Å². The predicted octanol–water partition coefficient (Wildman–Crippen LogP) is 4.76. The van der Waals surface area contributed by atoms with Gasteiger partial charge in [0.25, 0.3) is 0 Å². The zero-order valence-electron chi connectivity index (χ0n) is 15.2. The van der Waals surface area contributed by atoms with Crippen LogP contribution >= 0.6 is 22.6 Å². The summed E-state index contributed by atoms with van der Waals surface area (Å²) in [6.07, 6.45) is 0. The van der Waals surface area contributed by atoms with Gasteiger partial charge in [-0.2, -0.15) is 0 Å². The lowest BCUT2D eigenvalue weighted by molar-refractivity contribution is -0.127. The number of hydrogen-bond acceptors (Lipinski definition) is 5. The number of hydrogen-bond donors (Lipinski definition) is 0. The number of ether oxygens (including phenoxy) is 3. The highest BCUT2D eigenvalue weighted by Crippen LogP contribution is 2.44. The van der Waals surface area contributed by atoms with Crippen LogP contribution in [0.15, 0.2) is 24.3 Å². The molecular weight excluding hydrogens is 447 g/mol. The first-order chi connectivity index (χ1) is 12.1. The van der Waals surface area contributed by atoms with Gasteiger partial charge >= 0.3 is 5.97 Å². The van der Waals surface area contributed by atoms with Gasteiger partial charge in [0.2, 0.25) is 5.79 Å². The molecule has 0 atom stereocenters. The van der Waals surface area contributed by atoms with Crippen molar-refractivity contribution >= 4 is 34.3 Å². The van der Waals surface area contributed by atoms with Gasteiger partial charge in [0.15, 0.2) is 5.78 Å². The van der Waals surface area contributed by atoms with Crippen LogP contribution in [-0.4, -0.2) is 24.6 Å². The third-order valence-electron chi connectivity index (χ3n) is 4.20. The molecule has 0 fully saturated rings. The normalized spacial score (nSPS) is 14.9. The summed E-state index contributed by atoms with van der Waals surface area (Å²) in [7, 11) is 1.61. The summed E-state index contributed by atoms with van der Waals surface area (Å²) in [4.78, 5) is 24.9. The van der Waals surface area contributed by atoms with Crippen LogP contribution in [0, 0.1) is 10.5 Å². The zero-order chi connectivity index (χ0) is 19.2. The Morgan fingerprint density at radius 3 is 2.42 bits per heavy atom. The van der Waals surface area contributed by atoms with Crippen LogP contribution in [0.3, 0.4) is 0 Å². The molecule has 0 bridgehead atoms. The first kappa shape index (κ1) is 18.7. The molecule has 0 amide bonds. The van der Waals surface area contributed by atoms with Gasteiger partial charge in [0.1, 0.15) is 17.1 Å². The minimum Gasteiger partial charge on any atom is -0.497 e. The Morgan fingerprint density at radius 1 is 1.15 bits per heavy atom. The van der Waals surface area contributed by atoms with Crippen LogP contribution in [-0.2, 0) is 4.74 Å². The van der Waals surface area contributed by atoms with E-state index in [-0.39, 0.29) is 17.1 Å². The van der Waals surface area contributed by atoms with E-state index in [0.29, 0.717) is 11.1 Å². The minimum atomic E-state index is -1.13. The largest absolute Gasteiger partial charge is 0.497 e. The van der Waals surface area contributed by atoms with Crippen molar-refractivity contribution in [2.45, 2.75) is 33.5 Å². The van der Waals surface area contributed by atoms with Crippen LogP contribution < -0.4 is 9.47 Å². The lowest BCUT2D eigenvalue weighted by Crippen LogP contribution is -2.40. The second kappa shape index (κ2) is 6.57. The number of methoxy groups -OCH3 is 1. The van der Waals surface area contributed by atoms with Crippen molar-refractivity contribution in [2.24, 2.45) is 0 Å². The van der Waals surface area contributed by atoms with Gasteiger partial charge in [0, 0.05) is 23.0 Å². The highest BCUT2D eigenvalue weighted by molar-refractivity contribution is 14.1. The van der Waals surface area contributed by atoms with Crippen LogP contribution in [0.5, 0.6) is 11.5 Å². The molecule has 0 aliphatic carbocycles. The molecule has 0 spiro atoms. The molecule has 0 saturated carbocycles. The highest BCUT2D eigenvalue weighted by Gasteiger charge is 2.39. The Bertz CT molecular complexity index is 930. The molecule has 6 heteroatoms. The van der Waals surface area contributed by atoms with Gasteiger partial charge in [0.05, 0.1) is 12.7 Å². The number of aryl methyl sites for hydroxylation is 1. The van der Waals surface area contributed by atoms with E-state index in [0.717, 1.165) is 20.4 Å². The van der Waals surface area contributed by atoms with Gasteiger partial charge in [-0.25, -0.2) is 4.79 Å². The number of ketones is 1. The number of benzene rings is 2. The second-order valence-corrected chi connectivity index (χ2v) is 7.78. The molecule has 26 heavy (non-hydrogen) atoms. The Balaban J connectivity index is 2.35. The molecule has 1 aliphatic heterocycles. The maximum Gasteiger partial charge on any atom is 0.345 e. The SMILES string of the molecule is COc1ccc(-c2c(I)cc(C(C)=O)c3c2C(=O)OC(C)(C)O3)c(C)c1. The number of carbonyl (C=O) groups is 2. The first-order valence-corrected chi connectivity index (χ1v) is 9.17. The van der Waals surface area contributed by atoms with Crippen LogP contribution in [0.25, 0.3) is 11.1 Å². The summed E-state index contributed by atoms with van der Waals surface area (Å²) in [5.74, 6) is -0.780. The molecular formula is C20H19IO5. The maximum atomic E-state index is 12.8. The van der Waals surface area contributed by atoms with Crippen molar-refractivity contribution in [3.8, 4) is 22.6 Å². The third-order valence-corrected chi connectivity index (χ3v) is 5.06. The Morgan fingerprint density at radius 2 is 1.85 bits per heavy atom. The Hall–Kier alpha value is -2.09. The van der Waals surface area contributed by atoms with Gasteiger partial charge < -0.3 is 14.2 Å². The average Bonchev–Trinajstić information content (AvgIpc) is 2.54. The summed E-state index contributed by atoms with van der Waals surface area (Å²) >= 11 is 2.14. The monoisotopic (exact) mass is 466 g/mol. The molecule has 1 aliphatic rings. The molecule has 3 rings (SSSR count). The fourth-order valence-electron chi connectivity index (χ4n) is 3.04. The maximum absolute atomic E-state index is 12.8. The number of fused-ring (bicyclic) bond motifs is 1. The lowest BCUT2D eigenvalue weighted by Gasteiger charge is -2.34. The predicted molar refractivity (Wildman–Crippen MR) is 106 cm³/mol. The fourth-order valence-corrected chi connectivity index (χ4v) is 3.91. The van der Waals surface area contributed by atoms with Gasteiger partial charge in [-0.1, -0.05) is 6.07 Å². The summed E-state index contributed by atoms with van der Waals surface area (Å²) in [5.41, 5.74) is 3.17. The second-order valence-electron chi connectivity index (χ2n) is 6.61. The van der Waals surface area contributed by atoms with E-state index in [9.17, 15) is 9.59 Å². The molecule has 2 aromatic rings. The van der Waals surface area contributed by atoms with Crippen molar-refractivity contribution in [1.29, 1.82) is 0 Å². The van der Waals surface area contributed by atoms with Crippen LogP contribution in [0.2, 0.25) is 0 Å².